The van der Waals surface area contributed by atoms with Crippen molar-refractivity contribution >= 4 is 33.2 Å². The van der Waals surface area contributed by atoms with Crippen molar-refractivity contribution in [1.29, 1.82) is 0 Å². The van der Waals surface area contributed by atoms with Crippen LogP contribution >= 0.6 is 27.5 Å². The van der Waals surface area contributed by atoms with Gasteiger partial charge in [0.25, 0.3) is 0 Å². The van der Waals surface area contributed by atoms with Gasteiger partial charge in [-0.1, -0.05) is 33.6 Å². The Balaban J connectivity index is 2.22. The third-order valence-electron chi connectivity index (χ3n) is 2.74. The van der Waals surface area contributed by atoms with Gasteiger partial charge in [0.15, 0.2) is 0 Å². The van der Waals surface area contributed by atoms with Crippen molar-refractivity contribution in [3.63, 3.8) is 0 Å². The van der Waals surface area contributed by atoms with Gasteiger partial charge in [-0.15, -0.1) is 0 Å². The number of halogens is 4. The summed E-state index contributed by atoms with van der Waals surface area (Å²) in [6.07, 6.45) is 0. The molecule has 100 valence electrons. The lowest BCUT2D eigenvalue weighted by Crippen LogP contribution is -2.08. The van der Waals surface area contributed by atoms with Crippen molar-refractivity contribution in [3.05, 3.63) is 63.1 Å². The Morgan fingerprint density at radius 2 is 1.79 bits per heavy atom. The first-order valence-corrected chi connectivity index (χ1v) is 6.81. The summed E-state index contributed by atoms with van der Waals surface area (Å²) < 4.78 is 27.5. The highest BCUT2D eigenvalue weighted by atomic mass is 79.9. The lowest BCUT2D eigenvalue weighted by Gasteiger charge is -2.17. The second kappa shape index (κ2) is 5.88. The van der Waals surface area contributed by atoms with E-state index in [2.05, 4.69) is 21.2 Å². The zero-order valence-corrected chi connectivity index (χ0v) is 12.4. The third-order valence-corrected chi connectivity index (χ3v) is 3.53. The van der Waals surface area contributed by atoms with Gasteiger partial charge in [0.1, 0.15) is 11.6 Å². The minimum Gasteiger partial charge on any atom is -0.376 e. The van der Waals surface area contributed by atoms with E-state index in [-0.39, 0.29) is 16.9 Å². The van der Waals surface area contributed by atoms with Crippen molar-refractivity contribution < 1.29 is 8.78 Å². The summed E-state index contributed by atoms with van der Waals surface area (Å²) in [4.78, 5) is 0. The Labute approximate surface area is 123 Å². The molecule has 2 aromatic rings. The van der Waals surface area contributed by atoms with Crippen LogP contribution < -0.4 is 5.32 Å². The van der Waals surface area contributed by atoms with Crippen molar-refractivity contribution in [3.8, 4) is 0 Å². The molecule has 0 bridgehead atoms. The van der Waals surface area contributed by atoms with Crippen LogP contribution in [0.5, 0.6) is 0 Å². The molecule has 0 saturated heterocycles. The van der Waals surface area contributed by atoms with Gasteiger partial charge in [-0.2, -0.15) is 0 Å². The van der Waals surface area contributed by atoms with Crippen molar-refractivity contribution in [2.75, 3.05) is 5.32 Å². The Hall–Kier alpha value is -1.13. The molecule has 0 fully saturated rings. The van der Waals surface area contributed by atoms with E-state index in [0.717, 1.165) is 10.0 Å². The molecule has 0 aliphatic heterocycles. The third kappa shape index (κ3) is 3.45. The fourth-order valence-corrected chi connectivity index (χ4v) is 2.26. The van der Waals surface area contributed by atoms with E-state index in [1.165, 1.54) is 18.2 Å². The topological polar surface area (TPSA) is 12.0 Å². The van der Waals surface area contributed by atoms with Crippen LogP contribution in [0.1, 0.15) is 18.5 Å². The summed E-state index contributed by atoms with van der Waals surface area (Å²) in [5.41, 5.74) is 1.16. The van der Waals surface area contributed by atoms with Gasteiger partial charge in [0.2, 0.25) is 0 Å². The fourth-order valence-electron chi connectivity index (χ4n) is 1.71. The lowest BCUT2D eigenvalue weighted by molar-refractivity contribution is 0.623. The molecule has 0 saturated carbocycles. The molecular weight excluding hydrogens is 336 g/mol. The number of benzene rings is 2. The molecule has 0 aliphatic carbocycles. The molecule has 0 heterocycles. The van der Waals surface area contributed by atoms with Crippen LogP contribution in [-0.4, -0.2) is 0 Å². The van der Waals surface area contributed by atoms with Gasteiger partial charge in [-0.05, 0) is 42.8 Å². The zero-order chi connectivity index (χ0) is 14.0. The largest absolute Gasteiger partial charge is 0.376 e. The molecule has 0 aliphatic rings. The van der Waals surface area contributed by atoms with Crippen LogP contribution in [0, 0.1) is 11.6 Å². The van der Waals surface area contributed by atoms with E-state index < -0.39 is 5.82 Å². The zero-order valence-electron chi connectivity index (χ0n) is 10.1. The molecule has 0 aromatic heterocycles. The predicted octanol–water partition coefficient (Wildman–Crippen LogP) is 5.55. The first-order valence-electron chi connectivity index (χ1n) is 5.64. The van der Waals surface area contributed by atoms with E-state index in [0.29, 0.717) is 5.69 Å². The van der Waals surface area contributed by atoms with Crippen molar-refractivity contribution in [2.45, 2.75) is 13.0 Å². The monoisotopic (exact) mass is 345 g/mol. The molecule has 2 aromatic carbocycles. The average molecular weight is 347 g/mol. The van der Waals surface area contributed by atoms with Crippen LogP contribution in [0.15, 0.2) is 40.9 Å². The van der Waals surface area contributed by atoms with Crippen LogP contribution in [0.3, 0.4) is 0 Å². The molecule has 5 heteroatoms. The molecule has 1 nitrogen and oxygen atoms in total. The van der Waals surface area contributed by atoms with E-state index >= 15 is 0 Å². The highest BCUT2D eigenvalue weighted by molar-refractivity contribution is 9.10. The number of hydrogen-bond acceptors (Lipinski definition) is 1. The summed E-state index contributed by atoms with van der Waals surface area (Å²) in [6.45, 7) is 1.85. The van der Waals surface area contributed by atoms with Crippen LogP contribution in [0.4, 0.5) is 14.5 Å². The second-order valence-electron chi connectivity index (χ2n) is 4.16. The first-order chi connectivity index (χ1) is 8.97. The summed E-state index contributed by atoms with van der Waals surface area (Å²) in [5.74, 6) is -0.811. The smallest absolute Gasteiger partial charge is 0.146 e. The highest BCUT2D eigenvalue weighted by Gasteiger charge is 2.11. The second-order valence-corrected chi connectivity index (χ2v) is 5.49. The van der Waals surface area contributed by atoms with E-state index in [1.807, 2.05) is 6.92 Å². The summed E-state index contributed by atoms with van der Waals surface area (Å²) in [5, 5.41) is 3.08. The Kier molecular flexibility index (Phi) is 4.42. The van der Waals surface area contributed by atoms with Crippen LogP contribution in [-0.2, 0) is 0 Å². The van der Waals surface area contributed by atoms with E-state index in [1.54, 1.807) is 18.2 Å². The lowest BCUT2D eigenvalue weighted by atomic mass is 10.1. The van der Waals surface area contributed by atoms with Gasteiger partial charge >= 0.3 is 0 Å². The molecule has 1 N–H and O–H groups in total. The quantitative estimate of drug-likeness (QED) is 0.768. The summed E-state index contributed by atoms with van der Waals surface area (Å²) in [6, 6.07) is 8.90. The van der Waals surface area contributed by atoms with E-state index in [9.17, 15) is 8.78 Å². The Bertz CT molecular complexity index is 604. The van der Waals surface area contributed by atoms with Gasteiger partial charge < -0.3 is 5.32 Å². The number of nitrogens with one attached hydrogen (secondary N) is 1. The molecule has 1 unspecified atom stereocenters. The fraction of sp³-hybridized carbons (Fsp3) is 0.143. The molecular formula is C14H11BrClF2N. The Morgan fingerprint density at radius 1 is 1.11 bits per heavy atom. The van der Waals surface area contributed by atoms with Crippen molar-refractivity contribution in [1.82, 2.24) is 0 Å². The SMILES string of the molecule is CC(Nc1cc(Br)ccc1F)c1ccc(F)c(Cl)c1. The van der Waals surface area contributed by atoms with Crippen LogP contribution in [0.2, 0.25) is 5.02 Å². The highest BCUT2D eigenvalue weighted by Crippen LogP contribution is 2.26. The molecule has 1 atom stereocenters. The minimum absolute atomic E-state index is 0.0564. The van der Waals surface area contributed by atoms with E-state index in [4.69, 9.17) is 11.6 Å². The van der Waals surface area contributed by atoms with Crippen molar-refractivity contribution in [2.24, 2.45) is 0 Å². The Morgan fingerprint density at radius 3 is 2.47 bits per heavy atom. The molecule has 0 spiro atoms. The van der Waals surface area contributed by atoms with Gasteiger partial charge in [0, 0.05) is 10.5 Å². The number of anilines is 1. The molecule has 19 heavy (non-hydrogen) atoms. The maximum Gasteiger partial charge on any atom is 0.146 e. The predicted molar refractivity (Wildman–Crippen MR) is 77.5 cm³/mol. The van der Waals surface area contributed by atoms with Gasteiger partial charge in [-0.25, -0.2) is 8.78 Å². The number of rotatable bonds is 3. The average Bonchev–Trinajstić information content (AvgIpc) is 2.37. The normalized spacial score (nSPS) is 12.3. The van der Waals surface area contributed by atoms with Gasteiger partial charge in [-0.3, -0.25) is 0 Å². The maximum absolute atomic E-state index is 13.6. The minimum atomic E-state index is -0.466. The number of hydrogen-bond donors (Lipinski definition) is 1. The maximum atomic E-state index is 13.6. The molecule has 2 rings (SSSR count). The summed E-state index contributed by atoms with van der Waals surface area (Å²) in [7, 11) is 0. The van der Waals surface area contributed by atoms with Crippen LogP contribution in [0.25, 0.3) is 0 Å². The first kappa shape index (κ1) is 14.3. The standard InChI is InChI=1S/C14H11BrClF2N/c1-8(9-2-4-12(17)11(16)6-9)19-14-7-10(15)3-5-13(14)18/h2-8,19H,1H3. The molecule has 0 amide bonds. The summed E-state index contributed by atoms with van der Waals surface area (Å²) >= 11 is 9.02. The van der Waals surface area contributed by atoms with Gasteiger partial charge in [0.05, 0.1) is 10.7 Å². The molecule has 0 radical (unpaired) electrons.